The molecule has 0 spiro atoms. The summed E-state index contributed by atoms with van der Waals surface area (Å²) in [5, 5.41) is 9.42. The largest absolute Gasteiger partial charge is 0.493 e. The van der Waals surface area contributed by atoms with Gasteiger partial charge in [0.05, 0.1) is 30.9 Å². The quantitative estimate of drug-likeness (QED) is 0.291. The average molecular weight is 522 g/mol. The molecule has 0 saturated heterocycles. The fourth-order valence-corrected chi connectivity index (χ4v) is 3.73. The first kappa shape index (κ1) is 25.7. The van der Waals surface area contributed by atoms with Gasteiger partial charge in [-0.2, -0.15) is 13.2 Å². The van der Waals surface area contributed by atoms with Crippen LogP contribution in [0.3, 0.4) is 0 Å². The van der Waals surface area contributed by atoms with E-state index in [4.69, 9.17) is 15.0 Å². The van der Waals surface area contributed by atoms with E-state index in [2.05, 4.69) is 15.9 Å². The van der Waals surface area contributed by atoms with Crippen LogP contribution in [0.15, 0.2) is 46.9 Å². The number of nitrogens with two attached hydrogens (primary N) is 1. The highest BCUT2D eigenvalue weighted by molar-refractivity contribution is 9.10. The van der Waals surface area contributed by atoms with Crippen molar-refractivity contribution in [2.75, 3.05) is 19.8 Å². The van der Waals surface area contributed by atoms with E-state index in [9.17, 15) is 22.8 Å². The van der Waals surface area contributed by atoms with E-state index >= 15 is 0 Å². The monoisotopic (exact) mass is 521 g/mol. The van der Waals surface area contributed by atoms with Crippen molar-refractivity contribution in [2.45, 2.75) is 37.4 Å². The average Bonchev–Trinajstić information content (AvgIpc) is 2.73. The maximum Gasteiger partial charge on any atom is 0.419 e. The molecule has 0 radical (unpaired) electrons. The maximum absolute atomic E-state index is 13.5. The normalized spacial score (nSPS) is 13.9. The predicted molar refractivity (Wildman–Crippen MR) is 115 cm³/mol. The zero-order chi connectivity index (χ0) is 22.9. The number of alkyl halides is 3. The Morgan fingerprint density at radius 2 is 1.84 bits per heavy atom. The van der Waals surface area contributed by atoms with Crippen LogP contribution in [0.25, 0.3) is 0 Å². The van der Waals surface area contributed by atoms with E-state index < -0.39 is 32.6 Å². The lowest BCUT2D eigenvalue weighted by molar-refractivity contribution is -0.139. The Morgan fingerprint density at radius 3 is 2.48 bits per heavy atom. The Labute approximate surface area is 189 Å². The number of rotatable bonds is 12. The van der Waals surface area contributed by atoms with Crippen LogP contribution in [0.4, 0.5) is 13.2 Å². The molecular weight excluding hydrogens is 498 g/mol. The number of hydrogen-bond donors (Lipinski definition) is 2. The molecular formula is C21H24BrF3NO4P. The minimum absolute atomic E-state index is 0.150. The van der Waals surface area contributed by atoms with E-state index in [1.54, 1.807) is 6.07 Å². The van der Waals surface area contributed by atoms with E-state index in [1.807, 2.05) is 24.3 Å². The number of halogens is 4. The lowest BCUT2D eigenvalue weighted by Crippen LogP contribution is -2.47. The molecule has 31 heavy (non-hydrogen) atoms. The van der Waals surface area contributed by atoms with E-state index in [0.29, 0.717) is 18.4 Å². The van der Waals surface area contributed by atoms with Crippen molar-refractivity contribution in [1.29, 1.82) is 0 Å². The van der Waals surface area contributed by atoms with Crippen molar-refractivity contribution in [3.05, 3.63) is 63.6 Å². The van der Waals surface area contributed by atoms with Crippen LogP contribution in [-0.2, 0) is 28.1 Å². The molecule has 2 aromatic carbocycles. The molecule has 2 aromatic rings. The van der Waals surface area contributed by atoms with Gasteiger partial charge in [-0.3, -0.25) is 4.52 Å². The number of aliphatic hydroxyl groups excluding tert-OH is 1. The van der Waals surface area contributed by atoms with Crippen molar-refractivity contribution < 1.29 is 32.1 Å². The van der Waals surface area contributed by atoms with Crippen molar-refractivity contribution in [3.63, 3.8) is 0 Å². The molecule has 5 nitrogen and oxygen atoms in total. The first-order valence-corrected chi connectivity index (χ1v) is 11.1. The SMILES string of the molecule is NC(CO)(CCc1ccc(OCCCc2cccc(Br)c2)c(C(F)(F)F)c1)COP=O. The van der Waals surface area contributed by atoms with Gasteiger partial charge in [-0.15, -0.1) is 0 Å². The van der Waals surface area contributed by atoms with Crippen molar-refractivity contribution >= 4 is 24.6 Å². The number of hydrogen-bond acceptors (Lipinski definition) is 5. The second kappa shape index (κ2) is 11.9. The van der Waals surface area contributed by atoms with Crippen LogP contribution in [0.2, 0.25) is 0 Å². The van der Waals surface area contributed by atoms with Crippen molar-refractivity contribution in [2.24, 2.45) is 5.73 Å². The predicted octanol–water partition coefficient (Wildman–Crippen LogP) is 5.33. The summed E-state index contributed by atoms with van der Waals surface area (Å²) in [6, 6.07) is 11.6. The van der Waals surface area contributed by atoms with E-state index in [-0.39, 0.29) is 31.8 Å². The smallest absolute Gasteiger partial charge is 0.419 e. The van der Waals surface area contributed by atoms with Gasteiger partial charge >= 0.3 is 14.9 Å². The Kier molecular flexibility index (Phi) is 9.90. The van der Waals surface area contributed by atoms with Crippen LogP contribution in [-0.4, -0.2) is 30.5 Å². The summed E-state index contributed by atoms with van der Waals surface area (Å²) in [7, 11) is -0.576. The van der Waals surface area contributed by atoms with Crippen LogP contribution < -0.4 is 10.5 Å². The van der Waals surface area contributed by atoms with Gasteiger partial charge in [-0.1, -0.05) is 34.1 Å². The Hall–Kier alpha value is -1.51. The molecule has 1 unspecified atom stereocenters. The summed E-state index contributed by atoms with van der Waals surface area (Å²) >= 11 is 3.39. The summed E-state index contributed by atoms with van der Waals surface area (Å²) in [6.07, 6.45) is -2.98. The number of aryl methyl sites for hydroxylation is 2. The molecule has 170 valence electrons. The van der Waals surface area contributed by atoms with Crippen LogP contribution in [0.5, 0.6) is 5.75 Å². The third-order valence-corrected chi connectivity index (χ3v) is 5.46. The number of ether oxygens (including phenoxy) is 1. The maximum atomic E-state index is 13.5. The second-order valence-electron chi connectivity index (χ2n) is 7.28. The van der Waals surface area contributed by atoms with Crippen LogP contribution >= 0.6 is 24.6 Å². The van der Waals surface area contributed by atoms with Crippen LogP contribution in [0, 0.1) is 0 Å². The highest BCUT2D eigenvalue weighted by Crippen LogP contribution is 2.37. The van der Waals surface area contributed by atoms with Gasteiger partial charge in [0.1, 0.15) is 5.75 Å². The fraction of sp³-hybridized carbons (Fsp3) is 0.429. The molecule has 0 aliphatic carbocycles. The lowest BCUT2D eigenvalue weighted by Gasteiger charge is -2.25. The van der Waals surface area contributed by atoms with Crippen LogP contribution in [0.1, 0.15) is 29.5 Å². The number of benzene rings is 2. The number of aliphatic hydroxyl groups is 1. The highest BCUT2D eigenvalue weighted by atomic mass is 79.9. The molecule has 10 heteroatoms. The zero-order valence-corrected chi connectivity index (χ0v) is 19.2. The van der Waals surface area contributed by atoms with Gasteiger partial charge < -0.3 is 15.6 Å². The fourth-order valence-electron chi connectivity index (χ4n) is 2.98. The minimum atomic E-state index is -4.57. The zero-order valence-electron chi connectivity index (χ0n) is 16.7. The molecule has 0 bridgehead atoms. The standard InChI is InChI=1S/C21H24BrF3NO4P/c22-17-5-1-3-15(11-17)4-2-10-29-19-7-6-16(12-18(19)21(23,24)25)8-9-20(26,13-27)14-30-31-28/h1,3,5-7,11-12,27H,2,4,8-10,13-14,26H2. The highest BCUT2D eigenvalue weighted by Gasteiger charge is 2.35. The molecule has 0 amide bonds. The van der Waals surface area contributed by atoms with Gasteiger partial charge in [0.15, 0.2) is 0 Å². The third kappa shape index (κ3) is 8.50. The molecule has 0 saturated carbocycles. The topological polar surface area (TPSA) is 81.8 Å². The minimum Gasteiger partial charge on any atom is -0.493 e. The Bertz CT molecular complexity index is 869. The first-order valence-electron chi connectivity index (χ1n) is 9.58. The summed E-state index contributed by atoms with van der Waals surface area (Å²) < 4.78 is 62.2. The molecule has 0 aliphatic rings. The molecule has 3 N–H and O–H groups in total. The van der Waals surface area contributed by atoms with Crippen molar-refractivity contribution in [1.82, 2.24) is 0 Å². The molecule has 0 aliphatic heterocycles. The lowest BCUT2D eigenvalue weighted by atomic mass is 9.93. The van der Waals surface area contributed by atoms with E-state index in [1.165, 1.54) is 6.07 Å². The van der Waals surface area contributed by atoms with E-state index in [0.717, 1.165) is 16.1 Å². The molecule has 2 rings (SSSR count). The Balaban J connectivity index is 2.01. The summed E-state index contributed by atoms with van der Waals surface area (Å²) in [5.41, 5.74) is 5.37. The van der Waals surface area contributed by atoms with Gasteiger partial charge in [0, 0.05) is 4.47 Å². The van der Waals surface area contributed by atoms with Gasteiger partial charge in [0.25, 0.3) is 0 Å². The summed E-state index contributed by atoms with van der Waals surface area (Å²) in [6.45, 7) is -0.481. The first-order chi connectivity index (χ1) is 14.7. The summed E-state index contributed by atoms with van der Waals surface area (Å²) in [4.78, 5) is 0. The molecule has 0 heterocycles. The van der Waals surface area contributed by atoms with Crippen molar-refractivity contribution in [3.8, 4) is 5.75 Å². The molecule has 1 atom stereocenters. The van der Waals surface area contributed by atoms with Gasteiger partial charge in [-0.05, 0) is 61.1 Å². The Morgan fingerprint density at radius 1 is 1.10 bits per heavy atom. The van der Waals surface area contributed by atoms with Gasteiger partial charge in [0.2, 0.25) is 0 Å². The molecule has 0 aromatic heterocycles. The third-order valence-electron chi connectivity index (χ3n) is 4.74. The molecule has 0 fully saturated rings. The summed E-state index contributed by atoms with van der Waals surface area (Å²) in [5.74, 6) is -0.222. The second-order valence-corrected chi connectivity index (χ2v) is 8.60. The van der Waals surface area contributed by atoms with Gasteiger partial charge in [-0.25, -0.2) is 4.57 Å².